The van der Waals surface area contributed by atoms with Crippen molar-refractivity contribution in [1.82, 2.24) is 14.7 Å². The van der Waals surface area contributed by atoms with E-state index in [9.17, 15) is 4.79 Å². The number of nitrogens with zero attached hydrogens (tertiary/aromatic N) is 3. The second-order valence-electron chi connectivity index (χ2n) is 8.26. The van der Waals surface area contributed by atoms with Crippen LogP contribution in [0.15, 0.2) is 41.4 Å². The van der Waals surface area contributed by atoms with E-state index in [0.29, 0.717) is 12.5 Å². The number of allylic oxidation sites excluding steroid dienone is 1. The molecule has 3 rings (SSSR count). The topological polar surface area (TPSA) is 26.8 Å². The van der Waals surface area contributed by atoms with Crippen LogP contribution in [0, 0.1) is 0 Å². The van der Waals surface area contributed by atoms with Gasteiger partial charge in [0.2, 0.25) is 5.91 Å². The summed E-state index contributed by atoms with van der Waals surface area (Å²) in [6.45, 7) is 7.43. The van der Waals surface area contributed by atoms with Crippen LogP contribution < -0.4 is 0 Å². The Morgan fingerprint density at radius 1 is 0.967 bits per heavy atom. The van der Waals surface area contributed by atoms with Crippen LogP contribution in [0.4, 0.5) is 0 Å². The number of carbonyl (C=O) groups excluding carboxylic acids is 1. The number of unbranched alkanes of at least 4 members (excludes halogenated alkanes) is 5. The molecule has 2 aliphatic rings. The van der Waals surface area contributed by atoms with Gasteiger partial charge in [0, 0.05) is 38.4 Å². The van der Waals surface area contributed by atoms with Crippen molar-refractivity contribution in [2.75, 3.05) is 38.6 Å². The Morgan fingerprint density at radius 2 is 1.67 bits per heavy atom. The first kappa shape index (κ1) is 25.1. The highest BCUT2D eigenvalue weighted by Gasteiger charge is 2.24. The largest absolute Gasteiger partial charge is 0.356 e. The van der Waals surface area contributed by atoms with Crippen LogP contribution >= 0.6 is 24.2 Å². The molecule has 30 heavy (non-hydrogen) atoms. The normalized spacial score (nSPS) is 17.0. The number of piperazine rings is 1. The van der Waals surface area contributed by atoms with Crippen molar-refractivity contribution in [2.24, 2.45) is 0 Å². The van der Waals surface area contributed by atoms with Gasteiger partial charge in [-0.3, -0.25) is 9.69 Å². The molecule has 1 aromatic carbocycles. The molecule has 1 amide bonds. The summed E-state index contributed by atoms with van der Waals surface area (Å²) in [7, 11) is 0. The third-order valence-corrected chi connectivity index (χ3v) is 6.84. The van der Waals surface area contributed by atoms with E-state index in [0.717, 1.165) is 45.0 Å². The van der Waals surface area contributed by atoms with Gasteiger partial charge in [-0.05, 0) is 23.8 Å². The van der Waals surface area contributed by atoms with E-state index in [1.807, 2.05) is 11.8 Å². The van der Waals surface area contributed by atoms with Crippen molar-refractivity contribution in [2.45, 2.75) is 58.4 Å². The van der Waals surface area contributed by atoms with Crippen LogP contribution in [-0.4, -0.2) is 59.2 Å². The van der Waals surface area contributed by atoms with Gasteiger partial charge in [0.15, 0.2) is 0 Å². The first-order chi connectivity index (χ1) is 14.3. The van der Waals surface area contributed by atoms with E-state index >= 15 is 0 Å². The molecule has 0 bridgehead atoms. The maximum atomic E-state index is 12.8. The molecule has 2 aliphatic heterocycles. The maximum absolute atomic E-state index is 12.8. The predicted octanol–water partition coefficient (Wildman–Crippen LogP) is 5.35. The number of hydrogen-bond acceptors (Lipinski definition) is 4. The van der Waals surface area contributed by atoms with Crippen LogP contribution in [0.5, 0.6) is 0 Å². The Labute approximate surface area is 193 Å². The summed E-state index contributed by atoms with van der Waals surface area (Å²) >= 11 is 1.84. The lowest BCUT2D eigenvalue weighted by Gasteiger charge is -2.36. The van der Waals surface area contributed by atoms with E-state index < -0.39 is 0 Å². The zero-order chi connectivity index (χ0) is 20.3. The molecule has 1 saturated heterocycles. The van der Waals surface area contributed by atoms with Crippen molar-refractivity contribution in [3.63, 3.8) is 0 Å². The molecule has 2 heterocycles. The van der Waals surface area contributed by atoms with E-state index in [4.69, 9.17) is 0 Å². The molecule has 0 spiro atoms. The quantitative estimate of drug-likeness (QED) is 0.423. The highest BCUT2D eigenvalue weighted by Crippen LogP contribution is 2.27. The minimum Gasteiger partial charge on any atom is -0.356 e. The van der Waals surface area contributed by atoms with Gasteiger partial charge < -0.3 is 9.80 Å². The van der Waals surface area contributed by atoms with Gasteiger partial charge in [0.25, 0.3) is 0 Å². The molecule has 0 radical (unpaired) electrons. The summed E-state index contributed by atoms with van der Waals surface area (Å²) < 4.78 is 0. The number of carbonyl (C=O) groups is 1. The fourth-order valence-electron chi connectivity index (χ4n) is 4.09. The van der Waals surface area contributed by atoms with Gasteiger partial charge in [-0.2, -0.15) is 0 Å². The SMILES string of the molecule is CCCCCCCCC1=CSCN1CC(=O)N1CCN(Cc2ccccc2)CC1.Cl. The molecular formula is C24H38ClN3OS. The van der Waals surface area contributed by atoms with Crippen molar-refractivity contribution in [3.8, 4) is 0 Å². The molecule has 4 nitrogen and oxygen atoms in total. The van der Waals surface area contributed by atoms with Gasteiger partial charge in [-0.15, -0.1) is 24.2 Å². The van der Waals surface area contributed by atoms with Crippen LogP contribution in [0.2, 0.25) is 0 Å². The van der Waals surface area contributed by atoms with Crippen molar-refractivity contribution in [3.05, 3.63) is 47.0 Å². The summed E-state index contributed by atoms with van der Waals surface area (Å²) in [4.78, 5) is 19.7. The number of thioether (sulfide) groups is 1. The molecule has 0 unspecified atom stereocenters. The van der Waals surface area contributed by atoms with Crippen LogP contribution in [0.25, 0.3) is 0 Å². The molecule has 0 saturated carbocycles. The second-order valence-corrected chi connectivity index (χ2v) is 9.09. The lowest BCUT2D eigenvalue weighted by molar-refractivity contribution is -0.133. The van der Waals surface area contributed by atoms with E-state index in [2.05, 4.69) is 57.4 Å². The fourth-order valence-corrected chi connectivity index (χ4v) is 5.06. The molecule has 0 aliphatic carbocycles. The first-order valence-electron chi connectivity index (χ1n) is 11.4. The Morgan fingerprint density at radius 3 is 2.40 bits per heavy atom. The Balaban J connectivity index is 0.00000320. The molecular weight excluding hydrogens is 414 g/mol. The standard InChI is InChI=1S/C24H37N3OS.ClH/c1-2-3-4-5-6-10-13-23-20-29-21-27(23)19-24(28)26-16-14-25(15-17-26)18-22-11-8-7-9-12-22;/h7-9,11-12,20H,2-6,10,13-19,21H2,1H3;1H. The summed E-state index contributed by atoms with van der Waals surface area (Å²) in [5, 5.41) is 2.27. The van der Waals surface area contributed by atoms with Crippen LogP contribution in [-0.2, 0) is 11.3 Å². The van der Waals surface area contributed by atoms with Crippen LogP contribution in [0.1, 0.15) is 57.4 Å². The van der Waals surface area contributed by atoms with Gasteiger partial charge >= 0.3 is 0 Å². The fraction of sp³-hybridized carbons (Fsp3) is 0.625. The highest BCUT2D eigenvalue weighted by molar-refractivity contribution is 8.02. The molecule has 0 aromatic heterocycles. The summed E-state index contributed by atoms with van der Waals surface area (Å²) in [6, 6.07) is 10.6. The van der Waals surface area contributed by atoms with Gasteiger partial charge in [0.05, 0.1) is 12.4 Å². The van der Waals surface area contributed by atoms with E-state index in [1.54, 1.807) is 0 Å². The molecule has 6 heteroatoms. The summed E-state index contributed by atoms with van der Waals surface area (Å²) in [6.07, 6.45) is 9.06. The van der Waals surface area contributed by atoms with Crippen molar-refractivity contribution >= 4 is 30.1 Å². The van der Waals surface area contributed by atoms with E-state index in [1.165, 1.54) is 49.8 Å². The third kappa shape index (κ3) is 8.16. The molecule has 168 valence electrons. The van der Waals surface area contributed by atoms with E-state index in [-0.39, 0.29) is 12.4 Å². The van der Waals surface area contributed by atoms with Crippen LogP contribution in [0.3, 0.4) is 0 Å². The molecule has 0 N–H and O–H groups in total. The third-order valence-electron chi connectivity index (χ3n) is 5.94. The zero-order valence-corrected chi connectivity index (χ0v) is 20.1. The number of hydrogen-bond donors (Lipinski definition) is 0. The number of rotatable bonds is 11. The number of amides is 1. The lowest BCUT2D eigenvalue weighted by Crippen LogP contribution is -2.50. The van der Waals surface area contributed by atoms with Gasteiger partial charge in [-0.25, -0.2) is 0 Å². The minimum absolute atomic E-state index is 0. The lowest BCUT2D eigenvalue weighted by atomic mass is 10.1. The van der Waals surface area contributed by atoms with Gasteiger partial charge in [0.1, 0.15) is 0 Å². The minimum atomic E-state index is 0. The summed E-state index contributed by atoms with van der Waals surface area (Å²) in [5.41, 5.74) is 2.73. The molecule has 1 fully saturated rings. The average molecular weight is 452 g/mol. The zero-order valence-electron chi connectivity index (χ0n) is 18.4. The highest BCUT2D eigenvalue weighted by atomic mass is 35.5. The number of benzene rings is 1. The second kappa shape index (κ2) is 14.0. The van der Waals surface area contributed by atoms with Crippen molar-refractivity contribution < 1.29 is 4.79 Å². The number of halogens is 1. The maximum Gasteiger partial charge on any atom is 0.242 e. The monoisotopic (exact) mass is 451 g/mol. The molecule has 1 aromatic rings. The Hall–Kier alpha value is -1.17. The smallest absolute Gasteiger partial charge is 0.242 e. The predicted molar refractivity (Wildman–Crippen MR) is 131 cm³/mol. The Kier molecular flexibility index (Phi) is 11.7. The van der Waals surface area contributed by atoms with Gasteiger partial charge in [-0.1, -0.05) is 69.4 Å². The average Bonchev–Trinajstić information content (AvgIpc) is 3.18. The molecule has 0 atom stereocenters. The Bertz CT molecular complexity index is 647. The van der Waals surface area contributed by atoms with Crippen molar-refractivity contribution in [1.29, 1.82) is 0 Å². The summed E-state index contributed by atoms with van der Waals surface area (Å²) in [5.74, 6) is 1.23. The first-order valence-corrected chi connectivity index (χ1v) is 12.4.